The fourth-order valence-corrected chi connectivity index (χ4v) is 1.89. The van der Waals surface area contributed by atoms with Gasteiger partial charge in [0.15, 0.2) is 0 Å². The van der Waals surface area contributed by atoms with Crippen LogP contribution in [-0.4, -0.2) is 75.3 Å². The van der Waals surface area contributed by atoms with E-state index in [2.05, 4.69) is 17.1 Å². The number of hydrogen-bond donors (Lipinski definition) is 2. The molecule has 0 saturated carbocycles. The summed E-state index contributed by atoms with van der Waals surface area (Å²) < 4.78 is 10.1. The second kappa shape index (κ2) is 7.97. The third kappa shape index (κ3) is 5.77. The van der Waals surface area contributed by atoms with Crippen LogP contribution in [0.5, 0.6) is 0 Å². The summed E-state index contributed by atoms with van der Waals surface area (Å²) in [6.07, 6.45) is -0.401. The molecule has 0 amide bonds. The number of rotatable bonds is 7. The van der Waals surface area contributed by atoms with Crippen molar-refractivity contribution >= 4 is 0 Å². The number of β-amino-alcohol motifs (C(OH)–C–C–N with tert-alkyl or cyclic N) is 1. The molecule has 0 aromatic heterocycles. The quantitative estimate of drug-likeness (QED) is 0.569. The average Bonchev–Trinajstić information content (AvgIpc) is 2.24. The van der Waals surface area contributed by atoms with Gasteiger partial charge in [-0.05, 0) is 6.92 Å². The Morgan fingerprint density at radius 2 is 2.31 bits per heavy atom. The molecule has 1 aliphatic rings. The Morgan fingerprint density at radius 1 is 1.50 bits per heavy atom. The number of ether oxygens (including phenoxy) is 2. The third-order valence-corrected chi connectivity index (χ3v) is 2.66. The monoisotopic (exact) mass is 232 g/mol. The van der Waals surface area contributed by atoms with E-state index < -0.39 is 6.10 Å². The van der Waals surface area contributed by atoms with Crippen molar-refractivity contribution in [3.05, 3.63) is 0 Å². The SMILES string of the molecule is COCCOCC(O)CN1CCNC(C)C1. The van der Waals surface area contributed by atoms with E-state index in [4.69, 9.17) is 9.47 Å². The number of hydrogen-bond acceptors (Lipinski definition) is 5. The zero-order valence-corrected chi connectivity index (χ0v) is 10.3. The van der Waals surface area contributed by atoms with Crippen molar-refractivity contribution in [1.29, 1.82) is 0 Å². The van der Waals surface area contributed by atoms with E-state index in [0.29, 0.717) is 32.4 Å². The van der Waals surface area contributed by atoms with Crippen LogP contribution >= 0.6 is 0 Å². The minimum Gasteiger partial charge on any atom is -0.389 e. The zero-order valence-electron chi connectivity index (χ0n) is 10.3. The van der Waals surface area contributed by atoms with Crippen LogP contribution in [0.3, 0.4) is 0 Å². The van der Waals surface area contributed by atoms with Crippen LogP contribution in [0.1, 0.15) is 6.92 Å². The Balaban J connectivity index is 2.06. The predicted molar refractivity (Wildman–Crippen MR) is 62.6 cm³/mol. The maximum atomic E-state index is 9.76. The summed E-state index contributed by atoms with van der Waals surface area (Å²) in [6.45, 7) is 7.37. The Hall–Kier alpha value is -0.200. The van der Waals surface area contributed by atoms with E-state index in [1.54, 1.807) is 7.11 Å². The van der Waals surface area contributed by atoms with Gasteiger partial charge in [0.2, 0.25) is 0 Å². The van der Waals surface area contributed by atoms with Gasteiger partial charge in [0.25, 0.3) is 0 Å². The van der Waals surface area contributed by atoms with E-state index in [0.717, 1.165) is 19.6 Å². The molecule has 0 spiro atoms. The fraction of sp³-hybridized carbons (Fsp3) is 1.00. The van der Waals surface area contributed by atoms with Gasteiger partial charge in [0.1, 0.15) is 0 Å². The molecule has 1 saturated heterocycles. The molecule has 0 radical (unpaired) electrons. The van der Waals surface area contributed by atoms with Crippen LogP contribution < -0.4 is 5.32 Å². The molecule has 0 aromatic carbocycles. The van der Waals surface area contributed by atoms with Crippen LogP contribution in [0.4, 0.5) is 0 Å². The van der Waals surface area contributed by atoms with E-state index in [9.17, 15) is 5.11 Å². The maximum absolute atomic E-state index is 9.76. The van der Waals surface area contributed by atoms with Crippen molar-refractivity contribution in [3.8, 4) is 0 Å². The molecule has 5 nitrogen and oxygen atoms in total. The Morgan fingerprint density at radius 3 is 3.00 bits per heavy atom. The molecule has 16 heavy (non-hydrogen) atoms. The van der Waals surface area contributed by atoms with Crippen LogP contribution in [0.15, 0.2) is 0 Å². The van der Waals surface area contributed by atoms with Gasteiger partial charge in [-0.1, -0.05) is 0 Å². The lowest BCUT2D eigenvalue weighted by Crippen LogP contribution is -2.51. The average molecular weight is 232 g/mol. The van der Waals surface area contributed by atoms with Crippen molar-refractivity contribution < 1.29 is 14.6 Å². The van der Waals surface area contributed by atoms with Gasteiger partial charge < -0.3 is 19.9 Å². The standard InChI is InChI=1S/C11H24N2O3/c1-10-7-13(4-3-12-10)8-11(14)9-16-6-5-15-2/h10-12,14H,3-9H2,1-2H3. The molecule has 1 fully saturated rings. The summed E-state index contributed by atoms with van der Waals surface area (Å²) in [5, 5.41) is 13.1. The number of aliphatic hydroxyl groups excluding tert-OH is 1. The predicted octanol–water partition coefficient (Wildman–Crippen LogP) is -0.696. The van der Waals surface area contributed by atoms with Gasteiger partial charge in [-0.3, -0.25) is 4.90 Å². The van der Waals surface area contributed by atoms with E-state index in [1.165, 1.54) is 0 Å². The summed E-state index contributed by atoms with van der Waals surface area (Å²) >= 11 is 0. The molecule has 1 rings (SSSR count). The Bertz CT molecular complexity index is 181. The van der Waals surface area contributed by atoms with Gasteiger partial charge in [0, 0.05) is 39.3 Å². The van der Waals surface area contributed by atoms with Crippen molar-refractivity contribution in [2.75, 3.05) is 53.1 Å². The first-order chi connectivity index (χ1) is 7.72. The van der Waals surface area contributed by atoms with Gasteiger partial charge in [-0.2, -0.15) is 0 Å². The van der Waals surface area contributed by atoms with E-state index >= 15 is 0 Å². The first-order valence-electron chi connectivity index (χ1n) is 5.93. The Labute approximate surface area is 97.7 Å². The lowest BCUT2D eigenvalue weighted by molar-refractivity contribution is -0.00342. The molecule has 0 aromatic rings. The molecule has 2 unspecified atom stereocenters. The summed E-state index contributed by atoms with van der Waals surface area (Å²) in [5.74, 6) is 0. The summed E-state index contributed by atoms with van der Waals surface area (Å²) in [5.41, 5.74) is 0. The van der Waals surface area contributed by atoms with E-state index in [-0.39, 0.29) is 0 Å². The molecular formula is C11H24N2O3. The summed E-state index contributed by atoms with van der Waals surface area (Å²) in [7, 11) is 1.64. The van der Waals surface area contributed by atoms with Crippen molar-refractivity contribution in [3.63, 3.8) is 0 Å². The molecule has 2 N–H and O–H groups in total. The maximum Gasteiger partial charge on any atom is 0.0900 e. The lowest BCUT2D eigenvalue weighted by Gasteiger charge is -2.33. The van der Waals surface area contributed by atoms with Crippen LogP contribution in [0.2, 0.25) is 0 Å². The lowest BCUT2D eigenvalue weighted by atomic mass is 10.2. The van der Waals surface area contributed by atoms with E-state index in [1.807, 2.05) is 0 Å². The molecule has 1 heterocycles. The molecule has 2 atom stereocenters. The minimum absolute atomic E-state index is 0.391. The molecule has 1 aliphatic heterocycles. The highest BCUT2D eigenvalue weighted by Crippen LogP contribution is 2.00. The van der Waals surface area contributed by atoms with Gasteiger partial charge in [0.05, 0.1) is 25.9 Å². The number of nitrogens with one attached hydrogen (secondary N) is 1. The number of piperazine rings is 1. The van der Waals surface area contributed by atoms with Crippen molar-refractivity contribution in [1.82, 2.24) is 10.2 Å². The highest BCUT2D eigenvalue weighted by Gasteiger charge is 2.18. The second-order valence-corrected chi connectivity index (χ2v) is 4.34. The first kappa shape index (κ1) is 13.9. The van der Waals surface area contributed by atoms with Crippen molar-refractivity contribution in [2.24, 2.45) is 0 Å². The highest BCUT2D eigenvalue weighted by molar-refractivity contribution is 4.76. The molecule has 96 valence electrons. The smallest absolute Gasteiger partial charge is 0.0900 e. The largest absolute Gasteiger partial charge is 0.389 e. The molecular weight excluding hydrogens is 208 g/mol. The highest BCUT2D eigenvalue weighted by atomic mass is 16.5. The fourth-order valence-electron chi connectivity index (χ4n) is 1.89. The summed E-state index contributed by atoms with van der Waals surface area (Å²) in [6, 6.07) is 0.510. The van der Waals surface area contributed by atoms with Crippen LogP contribution in [0, 0.1) is 0 Å². The van der Waals surface area contributed by atoms with Crippen molar-refractivity contribution in [2.45, 2.75) is 19.1 Å². The number of nitrogens with zero attached hydrogens (tertiary/aromatic N) is 1. The second-order valence-electron chi connectivity index (χ2n) is 4.34. The summed E-state index contributed by atoms with van der Waals surface area (Å²) in [4.78, 5) is 2.27. The number of aliphatic hydroxyl groups is 1. The minimum atomic E-state index is -0.401. The molecule has 0 bridgehead atoms. The molecule has 5 heteroatoms. The molecule has 0 aliphatic carbocycles. The number of methoxy groups -OCH3 is 1. The van der Waals surface area contributed by atoms with Crippen LogP contribution in [-0.2, 0) is 9.47 Å². The normalized spacial score (nSPS) is 24.6. The van der Waals surface area contributed by atoms with Gasteiger partial charge in [-0.25, -0.2) is 0 Å². The topological polar surface area (TPSA) is 54.0 Å². The van der Waals surface area contributed by atoms with Gasteiger partial charge in [-0.15, -0.1) is 0 Å². The first-order valence-corrected chi connectivity index (χ1v) is 5.93. The third-order valence-electron chi connectivity index (χ3n) is 2.66. The van der Waals surface area contributed by atoms with Gasteiger partial charge >= 0.3 is 0 Å². The Kier molecular flexibility index (Phi) is 6.91. The zero-order chi connectivity index (χ0) is 11.8. The van der Waals surface area contributed by atoms with Crippen LogP contribution in [0.25, 0.3) is 0 Å².